The molecule has 1 aromatic carbocycles. The van der Waals surface area contributed by atoms with E-state index in [0.717, 1.165) is 29.1 Å². The van der Waals surface area contributed by atoms with Gasteiger partial charge in [-0.25, -0.2) is 0 Å². The molecule has 110 valence electrons. The highest BCUT2D eigenvalue weighted by Crippen LogP contribution is 2.33. The number of thioether (sulfide) groups is 1. The summed E-state index contributed by atoms with van der Waals surface area (Å²) in [4.78, 5) is 14.4. The van der Waals surface area contributed by atoms with Crippen LogP contribution in [0.1, 0.15) is 25.3 Å². The van der Waals surface area contributed by atoms with Gasteiger partial charge in [0.25, 0.3) is 0 Å². The maximum Gasteiger partial charge on any atom is 0.320 e. The number of ether oxygens (including phenoxy) is 1. The van der Waals surface area contributed by atoms with Gasteiger partial charge in [-0.2, -0.15) is 0 Å². The van der Waals surface area contributed by atoms with E-state index in [4.69, 9.17) is 4.74 Å². The van der Waals surface area contributed by atoms with Crippen LogP contribution in [0.2, 0.25) is 0 Å². The summed E-state index contributed by atoms with van der Waals surface area (Å²) in [7, 11) is 1.66. The number of carboxylic acid groups (broad SMARTS) is 1. The van der Waals surface area contributed by atoms with Crippen LogP contribution >= 0.6 is 11.8 Å². The Kier molecular flexibility index (Phi) is 4.94. The first-order valence-corrected chi connectivity index (χ1v) is 7.98. The lowest BCUT2D eigenvalue weighted by Crippen LogP contribution is -2.40. The van der Waals surface area contributed by atoms with Gasteiger partial charge < -0.3 is 9.84 Å². The van der Waals surface area contributed by atoms with Crippen LogP contribution in [0.15, 0.2) is 23.1 Å². The van der Waals surface area contributed by atoms with Gasteiger partial charge in [0.1, 0.15) is 11.8 Å². The monoisotopic (exact) mass is 295 g/mol. The van der Waals surface area contributed by atoms with Crippen molar-refractivity contribution in [3.8, 4) is 5.75 Å². The van der Waals surface area contributed by atoms with Crippen molar-refractivity contribution < 1.29 is 14.6 Å². The Morgan fingerprint density at radius 2 is 2.25 bits per heavy atom. The van der Waals surface area contributed by atoms with Gasteiger partial charge in [-0.1, -0.05) is 6.07 Å². The fourth-order valence-corrected chi connectivity index (χ4v) is 2.87. The normalized spacial score (nSPS) is 16.2. The first-order chi connectivity index (χ1) is 9.56. The molecule has 1 aliphatic carbocycles. The van der Waals surface area contributed by atoms with Crippen molar-refractivity contribution in [3.63, 3.8) is 0 Å². The zero-order valence-corrected chi connectivity index (χ0v) is 12.9. The molecule has 20 heavy (non-hydrogen) atoms. The van der Waals surface area contributed by atoms with E-state index in [1.807, 2.05) is 18.4 Å². The summed E-state index contributed by atoms with van der Waals surface area (Å²) in [6.07, 6.45) is 4.20. The number of hydrogen-bond donors (Lipinski definition) is 1. The van der Waals surface area contributed by atoms with Gasteiger partial charge in [0.2, 0.25) is 0 Å². The van der Waals surface area contributed by atoms with Crippen LogP contribution in [0.3, 0.4) is 0 Å². The molecule has 0 amide bonds. The standard InChI is InChI=1S/C15H21NO3S/c1-10(15(17)18)16(12-5-6-12)9-11-4-7-14(20-3)13(8-11)19-2/h4,7-8,10,12H,5-6,9H2,1-3H3,(H,17,18). The number of carbonyl (C=O) groups is 1. The number of methoxy groups -OCH3 is 1. The van der Waals surface area contributed by atoms with Gasteiger partial charge >= 0.3 is 5.97 Å². The van der Waals surface area contributed by atoms with Crippen molar-refractivity contribution in [2.75, 3.05) is 13.4 Å². The molecule has 2 rings (SSSR count). The van der Waals surface area contributed by atoms with E-state index in [2.05, 4.69) is 11.0 Å². The summed E-state index contributed by atoms with van der Waals surface area (Å²) < 4.78 is 5.39. The lowest BCUT2D eigenvalue weighted by Gasteiger charge is -2.26. The smallest absolute Gasteiger partial charge is 0.320 e. The predicted octanol–water partition coefficient (Wildman–Crippen LogP) is 2.85. The Hall–Kier alpha value is -1.20. The Labute approximate surface area is 124 Å². The molecular formula is C15H21NO3S. The van der Waals surface area contributed by atoms with Crippen molar-refractivity contribution >= 4 is 17.7 Å². The van der Waals surface area contributed by atoms with Gasteiger partial charge in [0, 0.05) is 17.5 Å². The lowest BCUT2D eigenvalue weighted by molar-refractivity contribution is -0.143. The van der Waals surface area contributed by atoms with Crippen LogP contribution in [0.5, 0.6) is 5.75 Å². The zero-order chi connectivity index (χ0) is 14.7. The highest BCUT2D eigenvalue weighted by Gasteiger charge is 2.34. The minimum Gasteiger partial charge on any atom is -0.496 e. The Morgan fingerprint density at radius 3 is 2.75 bits per heavy atom. The van der Waals surface area contributed by atoms with Crippen LogP contribution in [-0.4, -0.2) is 41.4 Å². The third kappa shape index (κ3) is 3.46. The maximum atomic E-state index is 11.2. The van der Waals surface area contributed by atoms with E-state index >= 15 is 0 Å². The number of carboxylic acids is 1. The van der Waals surface area contributed by atoms with E-state index in [1.54, 1.807) is 25.8 Å². The lowest BCUT2D eigenvalue weighted by atomic mass is 10.1. The van der Waals surface area contributed by atoms with Gasteiger partial charge in [0.15, 0.2) is 0 Å². The molecule has 0 spiro atoms. The largest absolute Gasteiger partial charge is 0.496 e. The van der Waals surface area contributed by atoms with Crippen LogP contribution in [0, 0.1) is 0 Å². The topological polar surface area (TPSA) is 49.8 Å². The first kappa shape index (κ1) is 15.2. The molecule has 5 heteroatoms. The van der Waals surface area contributed by atoms with E-state index < -0.39 is 12.0 Å². The maximum absolute atomic E-state index is 11.2. The van der Waals surface area contributed by atoms with E-state index in [0.29, 0.717) is 12.6 Å². The number of aliphatic carboxylic acids is 1. The predicted molar refractivity (Wildman–Crippen MR) is 80.4 cm³/mol. The second-order valence-corrected chi connectivity index (χ2v) is 5.96. The van der Waals surface area contributed by atoms with E-state index in [1.165, 1.54) is 0 Å². The third-order valence-electron chi connectivity index (χ3n) is 3.68. The average Bonchev–Trinajstić information content (AvgIpc) is 3.28. The Morgan fingerprint density at radius 1 is 1.55 bits per heavy atom. The van der Waals surface area contributed by atoms with Gasteiger partial charge in [0.05, 0.1) is 7.11 Å². The SMILES string of the molecule is COc1cc(CN(C2CC2)C(C)C(=O)O)ccc1SC. The van der Waals surface area contributed by atoms with E-state index in [-0.39, 0.29) is 0 Å². The molecule has 1 aliphatic rings. The fourth-order valence-electron chi connectivity index (χ4n) is 2.32. The molecule has 0 bridgehead atoms. The molecule has 0 heterocycles. The summed E-state index contributed by atoms with van der Waals surface area (Å²) in [5, 5.41) is 9.22. The van der Waals surface area contributed by atoms with Crippen LogP contribution in [0.25, 0.3) is 0 Å². The number of rotatable bonds is 7. The third-order valence-corrected chi connectivity index (χ3v) is 4.46. The molecule has 1 fully saturated rings. The summed E-state index contributed by atoms with van der Waals surface area (Å²) in [5.41, 5.74) is 1.10. The van der Waals surface area contributed by atoms with Crippen LogP contribution < -0.4 is 4.74 Å². The quantitative estimate of drug-likeness (QED) is 0.784. The van der Waals surface area contributed by atoms with Crippen molar-refractivity contribution in [1.82, 2.24) is 4.90 Å². The highest BCUT2D eigenvalue weighted by molar-refractivity contribution is 7.98. The zero-order valence-electron chi connectivity index (χ0n) is 12.1. The summed E-state index contributed by atoms with van der Waals surface area (Å²) in [5.74, 6) is 0.0957. The number of benzene rings is 1. The molecule has 1 unspecified atom stereocenters. The van der Waals surface area contributed by atoms with E-state index in [9.17, 15) is 9.90 Å². The van der Waals surface area contributed by atoms with Crippen LogP contribution in [0.4, 0.5) is 0 Å². The van der Waals surface area contributed by atoms with Crippen molar-refractivity contribution in [2.45, 2.75) is 43.3 Å². The number of nitrogens with zero attached hydrogens (tertiary/aromatic N) is 1. The second-order valence-electron chi connectivity index (χ2n) is 5.11. The van der Waals surface area contributed by atoms with Gasteiger partial charge in [-0.3, -0.25) is 9.69 Å². The molecule has 1 N–H and O–H groups in total. The van der Waals surface area contributed by atoms with Crippen molar-refractivity contribution in [1.29, 1.82) is 0 Å². The highest BCUT2D eigenvalue weighted by atomic mass is 32.2. The first-order valence-electron chi connectivity index (χ1n) is 6.76. The van der Waals surface area contributed by atoms with Crippen LogP contribution in [-0.2, 0) is 11.3 Å². The minimum atomic E-state index is -0.760. The molecule has 0 radical (unpaired) electrons. The molecule has 0 saturated heterocycles. The summed E-state index contributed by atoms with van der Waals surface area (Å²) in [6.45, 7) is 2.41. The Balaban J connectivity index is 2.16. The molecule has 1 aromatic rings. The molecule has 0 aliphatic heterocycles. The average molecular weight is 295 g/mol. The molecule has 0 aromatic heterocycles. The molecule has 1 atom stereocenters. The molecular weight excluding hydrogens is 274 g/mol. The van der Waals surface area contributed by atoms with Crippen molar-refractivity contribution in [2.24, 2.45) is 0 Å². The summed E-state index contributed by atoms with van der Waals surface area (Å²) >= 11 is 1.64. The molecule has 1 saturated carbocycles. The second kappa shape index (κ2) is 6.50. The Bertz CT molecular complexity index is 488. The summed E-state index contributed by atoms with van der Waals surface area (Å²) in [6, 6.07) is 6.06. The molecule has 4 nitrogen and oxygen atoms in total. The van der Waals surface area contributed by atoms with Gasteiger partial charge in [-0.05, 0) is 43.7 Å². The van der Waals surface area contributed by atoms with Crippen molar-refractivity contribution in [3.05, 3.63) is 23.8 Å². The number of hydrogen-bond acceptors (Lipinski definition) is 4. The minimum absolute atomic E-state index is 0.410. The van der Waals surface area contributed by atoms with Gasteiger partial charge in [-0.15, -0.1) is 11.8 Å². The fraction of sp³-hybridized carbons (Fsp3) is 0.533.